The van der Waals surface area contributed by atoms with Crippen molar-refractivity contribution in [2.75, 3.05) is 4.90 Å². The van der Waals surface area contributed by atoms with Crippen molar-refractivity contribution in [3.05, 3.63) is 105 Å². The fourth-order valence-electron chi connectivity index (χ4n) is 3.73. The Labute approximate surface area is 182 Å². The van der Waals surface area contributed by atoms with Gasteiger partial charge in [0.2, 0.25) is 0 Å². The number of ketones is 1. The molecule has 0 bridgehead atoms. The molecule has 3 aromatic rings. The van der Waals surface area contributed by atoms with Crippen LogP contribution in [0.15, 0.2) is 72.8 Å². The number of hydrogen-bond acceptors (Lipinski definition) is 5. The van der Waals surface area contributed by atoms with Crippen molar-refractivity contribution >= 4 is 34.7 Å². The number of halogens is 1. The zero-order valence-corrected chi connectivity index (χ0v) is 17.0. The van der Waals surface area contributed by atoms with Gasteiger partial charge in [-0.2, -0.15) is 0 Å². The van der Waals surface area contributed by atoms with Gasteiger partial charge >= 0.3 is 0 Å². The molecule has 8 heteroatoms. The lowest BCUT2D eigenvalue weighted by Gasteiger charge is -2.23. The second-order valence-electron chi connectivity index (χ2n) is 7.26. The van der Waals surface area contributed by atoms with E-state index in [1.54, 1.807) is 48.5 Å². The van der Waals surface area contributed by atoms with E-state index in [-0.39, 0.29) is 17.8 Å². The number of carbonyl (C=O) groups is 2. The van der Waals surface area contributed by atoms with Gasteiger partial charge in [-0.25, -0.2) is 0 Å². The van der Waals surface area contributed by atoms with E-state index in [9.17, 15) is 24.8 Å². The van der Waals surface area contributed by atoms with Crippen LogP contribution in [0.25, 0.3) is 0 Å². The Morgan fingerprint density at radius 1 is 1.03 bits per heavy atom. The van der Waals surface area contributed by atoms with E-state index in [2.05, 4.69) is 0 Å². The van der Waals surface area contributed by atoms with Gasteiger partial charge in [-0.15, -0.1) is 0 Å². The van der Waals surface area contributed by atoms with E-state index in [0.717, 1.165) is 0 Å². The molecule has 3 aromatic carbocycles. The Bertz CT molecular complexity index is 1190. The van der Waals surface area contributed by atoms with Crippen LogP contribution in [0.4, 0.5) is 11.4 Å². The van der Waals surface area contributed by atoms with Gasteiger partial charge in [0.1, 0.15) is 0 Å². The maximum absolute atomic E-state index is 13.3. The Balaban J connectivity index is 1.65. The summed E-state index contributed by atoms with van der Waals surface area (Å²) >= 11 is 6.25. The number of rotatable bonds is 6. The van der Waals surface area contributed by atoms with Gasteiger partial charge in [-0.05, 0) is 29.8 Å². The van der Waals surface area contributed by atoms with Crippen molar-refractivity contribution in [1.29, 1.82) is 0 Å². The third-order valence-corrected chi connectivity index (χ3v) is 5.71. The molecule has 7 nitrogen and oxygen atoms in total. The van der Waals surface area contributed by atoms with E-state index in [4.69, 9.17) is 11.6 Å². The number of nitro groups is 1. The number of nitrogens with zero attached hydrogens (tertiary/aromatic N) is 2. The lowest BCUT2D eigenvalue weighted by molar-refractivity contribution is -0.384. The predicted molar refractivity (Wildman–Crippen MR) is 115 cm³/mol. The van der Waals surface area contributed by atoms with E-state index >= 15 is 0 Å². The SMILES string of the molecule is O=C(C[C@]1(O)C(=O)N(Cc2ccccc2Cl)c2ccccc21)c1ccc([N+](=O)[O-])cc1. The predicted octanol–water partition coefficient (Wildman–Crippen LogP) is 4.26. The van der Waals surface area contributed by atoms with Crippen molar-refractivity contribution in [1.82, 2.24) is 0 Å². The number of non-ortho nitro benzene ring substituents is 1. The highest BCUT2D eigenvalue weighted by Crippen LogP contribution is 2.43. The number of hydrogen-bond donors (Lipinski definition) is 1. The Kier molecular flexibility index (Phi) is 5.31. The average Bonchev–Trinajstić information content (AvgIpc) is 2.97. The van der Waals surface area contributed by atoms with Gasteiger partial charge in [0, 0.05) is 28.3 Å². The highest BCUT2D eigenvalue weighted by atomic mass is 35.5. The number of fused-ring (bicyclic) bond motifs is 1. The Morgan fingerprint density at radius 3 is 2.35 bits per heavy atom. The number of nitro benzene ring substituents is 1. The smallest absolute Gasteiger partial charge is 0.269 e. The van der Waals surface area contributed by atoms with Crippen molar-refractivity contribution in [3.8, 4) is 0 Å². The number of carbonyl (C=O) groups excluding carboxylic acids is 2. The number of aliphatic hydroxyl groups is 1. The van der Waals surface area contributed by atoms with Crippen LogP contribution in [0.2, 0.25) is 5.02 Å². The molecule has 0 saturated heterocycles. The van der Waals surface area contributed by atoms with E-state index in [1.165, 1.54) is 29.2 Å². The number of para-hydroxylation sites is 1. The lowest BCUT2D eigenvalue weighted by atomic mass is 9.88. The third kappa shape index (κ3) is 3.69. The average molecular weight is 437 g/mol. The molecule has 0 aromatic heterocycles. The normalized spacial score (nSPS) is 17.5. The molecule has 1 atom stereocenters. The van der Waals surface area contributed by atoms with E-state index in [1.807, 2.05) is 0 Å². The summed E-state index contributed by atoms with van der Waals surface area (Å²) < 4.78 is 0. The number of Topliss-reactive ketones (excluding diaryl/α,β-unsaturated/α-hetero) is 1. The summed E-state index contributed by atoms with van der Waals surface area (Å²) in [6.45, 7) is 0.142. The number of anilines is 1. The van der Waals surface area contributed by atoms with Crippen LogP contribution in [0.5, 0.6) is 0 Å². The summed E-state index contributed by atoms with van der Waals surface area (Å²) in [5.41, 5.74) is -0.471. The van der Waals surface area contributed by atoms with Crippen molar-refractivity contribution < 1.29 is 19.6 Å². The molecule has 4 rings (SSSR count). The Hall–Kier alpha value is -3.55. The van der Waals surface area contributed by atoms with Crippen LogP contribution < -0.4 is 4.90 Å². The molecule has 1 N–H and O–H groups in total. The maximum Gasteiger partial charge on any atom is 0.269 e. The molecular formula is C23H17ClN2O5. The zero-order chi connectivity index (χ0) is 22.2. The molecule has 0 saturated carbocycles. The molecule has 0 spiro atoms. The summed E-state index contributed by atoms with van der Waals surface area (Å²) in [5, 5.41) is 22.7. The van der Waals surface area contributed by atoms with Gasteiger partial charge < -0.3 is 10.0 Å². The van der Waals surface area contributed by atoms with Crippen LogP contribution >= 0.6 is 11.6 Å². The zero-order valence-electron chi connectivity index (χ0n) is 16.2. The highest BCUT2D eigenvalue weighted by Gasteiger charge is 2.50. The molecule has 1 aliphatic heterocycles. The topological polar surface area (TPSA) is 101 Å². The first-order chi connectivity index (χ1) is 14.8. The van der Waals surface area contributed by atoms with Crippen LogP contribution in [0, 0.1) is 10.1 Å². The first kappa shape index (κ1) is 20.7. The molecule has 1 amide bonds. The minimum atomic E-state index is -2.04. The molecule has 0 aliphatic carbocycles. The molecule has 0 radical (unpaired) electrons. The van der Waals surface area contributed by atoms with E-state index in [0.29, 0.717) is 21.8 Å². The van der Waals surface area contributed by atoms with Crippen molar-refractivity contribution in [2.45, 2.75) is 18.6 Å². The quantitative estimate of drug-likeness (QED) is 0.353. The third-order valence-electron chi connectivity index (χ3n) is 5.34. The van der Waals surface area contributed by atoms with Gasteiger partial charge in [-0.1, -0.05) is 48.0 Å². The first-order valence-corrected chi connectivity index (χ1v) is 9.84. The second kappa shape index (κ2) is 7.94. The van der Waals surface area contributed by atoms with Gasteiger partial charge in [0.25, 0.3) is 11.6 Å². The molecular weight excluding hydrogens is 420 g/mol. The number of benzene rings is 3. The largest absolute Gasteiger partial charge is 0.375 e. The van der Waals surface area contributed by atoms with Gasteiger partial charge in [0.05, 0.1) is 23.6 Å². The molecule has 31 heavy (non-hydrogen) atoms. The van der Waals surface area contributed by atoms with Gasteiger partial charge in [-0.3, -0.25) is 19.7 Å². The summed E-state index contributed by atoms with van der Waals surface area (Å²) in [7, 11) is 0. The minimum absolute atomic E-state index is 0.142. The van der Waals surface area contributed by atoms with Crippen molar-refractivity contribution in [3.63, 3.8) is 0 Å². The summed E-state index contributed by atoms with van der Waals surface area (Å²) in [4.78, 5) is 37.8. The second-order valence-corrected chi connectivity index (χ2v) is 7.67. The lowest BCUT2D eigenvalue weighted by Crippen LogP contribution is -2.41. The van der Waals surface area contributed by atoms with Crippen LogP contribution in [-0.4, -0.2) is 21.7 Å². The molecule has 0 fully saturated rings. The summed E-state index contributed by atoms with van der Waals surface area (Å²) in [6.07, 6.45) is -0.486. The number of amides is 1. The van der Waals surface area contributed by atoms with Crippen LogP contribution in [0.3, 0.4) is 0 Å². The fourth-order valence-corrected chi connectivity index (χ4v) is 3.93. The maximum atomic E-state index is 13.3. The van der Waals surface area contributed by atoms with E-state index < -0.39 is 28.6 Å². The molecule has 1 aliphatic rings. The standard InChI is InChI=1S/C23H17ClN2O5/c24-19-7-3-1-5-16(19)14-25-20-8-4-2-6-18(20)23(29,22(25)28)13-21(27)15-9-11-17(12-10-15)26(30)31/h1-12,29H,13-14H2/t23-/m1/s1. The summed E-state index contributed by atoms with van der Waals surface area (Å²) in [5.74, 6) is -1.12. The minimum Gasteiger partial charge on any atom is -0.375 e. The monoisotopic (exact) mass is 436 g/mol. The van der Waals surface area contributed by atoms with Crippen LogP contribution in [0.1, 0.15) is 27.9 Å². The first-order valence-electron chi connectivity index (χ1n) is 9.46. The van der Waals surface area contributed by atoms with Crippen LogP contribution in [-0.2, 0) is 16.9 Å². The molecule has 0 unspecified atom stereocenters. The van der Waals surface area contributed by atoms with Gasteiger partial charge in [0.15, 0.2) is 11.4 Å². The molecule has 156 valence electrons. The Morgan fingerprint density at radius 2 is 1.68 bits per heavy atom. The summed E-state index contributed by atoms with van der Waals surface area (Å²) in [6, 6.07) is 18.9. The fraction of sp³-hybridized carbons (Fsp3) is 0.130. The molecule has 1 heterocycles. The van der Waals surface area contributed by atoms with Crippen molar-refractivity contribution in [2.24, 2.45) is 0 Å². The highest BCUT2D eigenvalue weighted by molar-refractivity contribution is 6.31.